The fraction of sp³-hybridized carbons (Fsp3) is 0.200. The number of amides is 2. The van der Waals surface area contributed by atoms with Crippen LogP contribution in [0.2, 0.25) is 0 Å². The second-order valence-corrected chi connectivity index (χ2v) is 6.46. The van der Waals surface area contributed by atoms with Crippen molar-refractivity contribution in [2.24, 2.45) is 5.92 Å². The van der Waals surface area contributed by atoms with Gasteiger partial charge in [-0.1, -0.05) is 32.0 Å². The third-order valence-corrected chi connectivity index (χ3v) is 3.93. The van der Waals surface area contributed by atoms with Crippen LogP contribution in [0, 0.1) is 17.2 Å². The van der Waals surface area contributed by atoms with Crippen LogP contribution in [0.25, 0.3) is 5.52 Å². The van der Waals surface area contributed by atoms with Crippen molar-refractivity contribution in [3.05, 3.63) is 65.7 Å². The van der Waals surface area contributed by atoms with E-state index in [1.54, 1.807) is 53.1 Å². The van der Waals surface area contributed by atoms with Crippen LogP contribution in [0.15, 0.2) is 48.7 Å². The molecular formula is C20H19N5O2. The van der Waals surface area contributed by atoms with Crippen molar-refractivity contribution in [2.45, 2.75) is 13.8 Å². The number of carbonyl (C=O) groups is 2. The summed E-state index contributed by atoms with van der Waals surface area (Å²) in [5.41, 5.74) is 1.38. The Kier molecular flexibility index (Phi) is 5.18. The van der Waals surface area contributed by atoms with Crippen molar-refractivity contribution >= 4 is 23.0 Å². The van der Waals surface area contributed by atoms with E-state index in [0.717, 1.165) is 0 Å². The third-order valence-electron chi connectivity index (χ3n) is 3.93. The fourth-order valence-electron chi connectivity index (χ4n) is 2.61. The predicted octanol–water partition coefficient (Wildman–Crippen LogP) is 2.84. The number of hydrogen-bond acceptors (Lipinski definition) is 4. The molecule has 3 aromatic rings. The van der Waals surface area contributed by atoms with Gasteiger partial charge in [-0.05, 0) is 30.2 Å². The van der Waals surface area contributed by atoms with Crippen LogP contribution in [-0.2, 0) is 0 Å². The molecule has 3 rings (SSSR count). The van der Waals surface area contributed by atoms with E-state index in [4.69, 9.17) is 0 Å². The topological polar surface area (TPSA) is 99.3 Å². The van der Waals surface area contributed by atoms with Gasteiger partial charge in [-0.2, -0.15) is 5.26 Å². The molecule has 0 spiro atoms. The molecule has 0 atom stereocenters. The lowest BCUT2D eigenvalue weighted by molar-refractivity contribution is 0.0938. The second kappa shape index (κ2) is 7.70. The monoisotopic (exact) mass is 361 g/mol. The molecule has 2 amide bonds. The van der Waals surface area contributed by atoms with Crippen molar-refractivity contribution in [1.82, 2.24) is 14.7 Å². The number of imidazole rings is 1. The number of nitrogens with zero attached hydrogens (tertiary/aromatic N) is 3. The predicted molar refractivity (Wildman–Crippen MR) is 101 cm³/mol. The molecule has 2 N–H and O–H groups in total. The maximum absolute atomic E-state index is 12.8. The van der Waals surface area contributed by atoms with E-state index in [1.165, 1.54) is 0 Å². The first-order valence-electron chi connectivity index (χ1n) is 8.57. The maximum atomic E-state index is 12.8. The van der Waals surface area contributed by atoms with Crippen LogP contribution < -0.4 is 10.6 Å². The number of benzene rings is 1. The molecule has 27 heavy (non-hydrogen) atoms. The Morgan fingerprint density at radius 2 is 1.89 bits per heavy atom. The molecule has 136 valence electrons. The number of anilines is 1. The highest BCUT2D eigenvalue weighted by atomic mass is 16.2. The highest BCUT2D eigenvalue weighted by molar-refractivity contribution is 6.09. The average molecular weight is 361 g/mol. The molecule has 7 nitrogen and oxygen atoms in total. The molecule has 0 saturated heterocycles. The van der Waals surface area contributed by atoms with E-state index >= 15 is 0 Å². The van der Waals surface area contributed by atoms with E-state index in [-0.39, 0.29) is 17.4 Å². The van der Waals surface area contributed by atoms with Gasteiger partial charge in [0.2, 0.25) is 5.82 Å². The zero-order valence-electron chi connectivity index (χ0n) is 15.1. The van der Waals surface area contributed by atoms with E-state index in [9.17, 15) is 14.9 Å². The van der Waals surface area contributed by atoms with Crippen molar-refractivity contribution in [1.29, 1.82) is 5.26 Å². The lowest BCUT2D eigenvalue weighted by Crippen LogP contribution is -2.29. The van der Waals surface area contributed by atoms with Gasteiger partial charge in [0, 0.05) is 12.7 Å². The molecule has 0 aliphatic heterocycles. The first kappa shape index (κ1) is 18.1. The molecule has 0 aliphatic rings. The van der Waals surface area contributed by atoms with Gasteiger partial charge in [-0.15, -0.1) is 0 Å². The highest BCUT2D eigenvalue weighted by Crippen LogP contribution is 2.18. The summed E-state index contributed by atoms with van der Waals surface area (Å²) in [6, 6.07) is 14.0. The molecule has 7 heteroatoms. The van der Waals surface area contributed by atoms with E-state index < -0.39 is 5.91 Å². The minimum atomic E-state index is -0.482. The Balaban J connectivity index is 1.96. The molecular weight excluding hydrogens is 342 g/mol. The van der Waals surface area contributed by atoms with Gasteiger partial charge in [0.25, 0.3) is 11.8 Å². The second-order valence-electron chi connectivity index (χ2n) is 6.46. The molecule has 0 saturated carbocycles. The Morgan fingerprint density at radius 3 is 2.63 bits per heavy atom. The van der Waals surface area contributed by atoms with Gasteiger partial charge in [0.1, 0.15) is 6.07 Å². The Bertz CT molecular complexity index is 1050. The fourth-order valence-corrected chi connectivity index (χ4v) is 2.61. The minimum Gasteiger partial charge on any atom is -0.349 e. The number of hydrogen-bond donors (Lipinski definition) is 2. The van der Waals surface area contributed by atoms with Gasteiger partial charge >= 0.3 is 0 Å². The number of carbonyl (C=O) groups excluding carboxylic acids is 2. The van der Waals surface area contributed by atoms with Gasteiger partial charge in [0.05, 0.1) is 16.8 Å². The highest BCUT2D eigenvalue weighted by Gasteiger charge is 2.22. The van der Waals surface area contributed by atoms with Gasteiger partial charge < -0.3 is 10.6 Å². The number of aromatic nitrogens is 2. The number of rotatable bonds is 5. The zero-order chi connectivity index (χ0) is 19.4. The Labute approximate surface area is 156 Å². The summed E-state index contributed by atoms with van der Waals surface area (Å²) in [5, 5.41) is 14.7. The largest absolute Gasteiger partial charge is 0.349 e. The van der Waals surface area contributed by atoms with Crippen LogP contribution in [-0.4, -0.2) is 27.7 Å². The Hall–Kier alpha value is -3.66. The van der Waals surface area contributed by atoms with Crippen molar-refractivity contribution < 1.29 is 9.59 Å². The van der Waals surface area contributed by atoms with Gasteiger partial charge in [0.15, 0.2) is 5.69 Å². The van der Waals surface area contributed by atoms with Gasteiger partial charge in [-0.3, -0.25) is 14.0 Å². The quantitative estimate of drug-likeness (QED) is 0.730. The molecule has 2 heterocycles. The van der Waals surface area contributed by atoms with E-state index in [0.29, 0.717) is 29.2 Å². The number of fused-ring (bicyclic) bond motifs is 1. The summed E-state index contributed by atoms with van der Waals surface area (Å²) in [7, 11) is 0. The number of para-hydroxylation sites is 1. The summed E-state index contributed by atoms with van der Waals surface area (Å²) in [6.45, 7) is 4.50. The van der Waals surface area contributed by atoms with E-state index in [1.807, 2.05) is 19.9 Å². The van der Waals surface area contributed by atoms with Crippen LogP contribution in [0.5, 0.6) is 0 Å². The molecule has 0 aliphatic carbocycles. The van der Waals surface area contributed by atoms with Crippen LogP contribution in [0.3, 0.4) is 0 Å². The molecule has 1 aromatic carbocycles. The van der Waals surface area contributed by atoms with E-state index in [2.05, 4.69) is 15.6 Å². The smallest absolute Gasteiger partial charge is 0.287 e. The maximum Gasteiger partial charge on any atom is 0.287 e. The zero-order valence-corrected chi connectivity index (χ0v) is 15.1. The number of nitrogens with one attached hydrogen (secondary N) is 2. The standard InChI is InChI=1S/C20H19N5O2/c1-13(2)12-22-20(27)18-24-17(16-9-5-6-10-25(16)18)19(26)23-15-8-4-3-7-14(15)11-21/h3-10,13H,12H2,1-2H3,(H,22,27)(H,23,26). The van der Waals surface area contributed by atoms with Crippen molar-refractivity contribution in [3.63, 3.8) is 0 Å². The third kappa shape index (κ3) is 3.80. The first-order chi connectivity index (χ1) is 13.0. The molecule has 0 bridgehead atoms. The molecule has 0 radical (unpaired) electrons. The lowest BCUT2D eigenvalue weighted by atomic mass is 10.2. The molecule has 2 aromatic heterocycles. The average Bonchev–Trinajstić information content (AvgIpc) is 3.06. The summed E-state index contributed by atoms with van der Waals surface area (Å²) in [4.78, 5) is 29.5. The summed E-state index contributed by atoms with van der Waals surface area (Å²) in [5.74, 6) is -0.388. The molecule has 0 unspecified atom stereocenters. The lowest BCUT2D eigenvalue weighted by Gasteiger charge is -2.06. The number of nitriles is 1. The summed E-state index contributed by atoms with van der Waals surface area (Å²) < 4.78 is 1.58. The van der Waals surface area contributed by atoms with Crippen LogP contribution in [0.1, 0.15) is 40.5 Å². The SMILES string of the molecule is CC(C)CNC(=O)c1nc(C(=O)Nc2ccccc2C#N)c2ccccn12. The summed E-state index contributed by atoms with van der Waals surface area (Å²) >= 11 is 0. The number of pyridine rings is 1. The first-order valence-corrected chi connectivity index (χ1v) is 8.57. The summed E-state index contributed by atoms with van der Waals surface area (Å²) in [6.07, 6.45) is 1.69. The van der Waals surface area contributed by atoms with Crippen molar-refractivity contribution in [3.8, 4) is 6.07 Å². The minimum absolute atomic E-state index is 0.123. The van der Waals surface area contributed by atoms with Gasteiger partial charge in [-0.25, -0.2) is 4.98 Å². The Morgan fingerprint density at radius 1 is 1.15 bits per heavy atom. The van der Waals surface area contributed by atoms with Crippen LogP contribution in [0.4, 0.5) is 5.69 Å². The molecule has 0 fully saturated rings. The van der Waals surface area contributed by atoms with Crippen LogP contribution >= 0.6 is 0 Å². The van der Waals surface area contributed by atoms with Crippen molar-refractivity contribution in [2.75, 3.05) is 11.9 Å². The normalized spacial score (nSPS) is 10.6.